The fourth-order valence-electron chi connectivity index (χ4n) is 3.95. The second kappa shape index (κ2) is 12.9. The molecule has 2 aromatic rings. The van der Waals surface area contributed by atoms with Gasteiger partial charge >= 0.3 is 6.03 Å². The second-order valence-electron chi connectivity index (χ2n) is 8.82. The lowest BCUT2D eigenvalue weighted by atomic mass is 9.97. The Kier molecular flexibility index (Phi) is 9.62. The van der Waals surface area contributed by atoms with Crippen LogP contribution >= 0.6 is 0 Å². The first-order valence-corrected chi connectivity index (χ1v) is 12.3. The molecule has 2 N–H and O–H groups in total. The molecule has 2 aromatic carbocycles. The predicted octanol–water partition coefficient (Wildman–Crippen LogP) is 5.25. The maximum absolute atomic E-state index is 13.2. The third-order valence-corrected chi connectivity index (χ3v) is 5.78. The van der Waals surface area contributed by atoms with Crippen molar-refractivity contribution in [1.29, 1.82) is 0 Å². The molecule has 184 valence electrons. The molecular formula is C27H37N3O4. The summed E-state index contributed by atoms with van der Waals surface area (Å²) < 4.78 is 11.6. The fourth-order valence-corrected chi connectivity index (χ4v) is 3.95. The maximum Gasteiger partial charge on any atom is 0.319 e. The van der Waals surface area contributed by atoms with Crippen LogP contribution in [0, 0.1) is 12.8 Å². The monoisotopic (exact) mass is 467 g/mol. The number of hydrogen-bond acceptors (Lipinski definition) is 4. The summed E-state index contributed by atoms with van der Waals surface area (Å²) in [5.41, 5.74) is 2.50. The molecule has 1 heterocycles. The number of rotatable bonds is 10. The highest BCUT2D eigenvalue weighted by atomic mass is 16.5. The Morgan fingerprint density at radius 1 is 1.00 bits per heavy atom. The molecule has 3 amide bonds. The quantitative estimate of drug-likeness (QED) is 0.500. The summed E-state index contributed by atoms with van der Waals surface area (Å²) in [6, 6.07) is 12.9. The minimum atomic E-state index is -0.229. The van der Waals surface area contributed by atoms with Gasteiger partial charge in [0.15, 0.2) is 11.5 Å². The first-order valence-electron chi connectivity index (χ1n) is 12.3. The van der Waals surface area contributed by atoms with E-state index in [1.165, 1.54) is 0 Å². The second-order valence-corrected chi connectivity index (χ2v) is 8.82. The lowest BCUT2D eigenvalue weighted by Crippen LogP contribution is -2.44. The van der Waals surface area contributed by atoms with Gasteiger partial charge in [0, 0.05) is 30.9 Å². The Balaban J connectivity index is 1.56. The highest BCUT2D eigenvalue weighted by Crippen LogP contribution is 2.30. The van der Waals surface area contributed by atoms with E-state index in [2.05, 4.69) is 17.6 Å². The molecule has 1 aliphatic rings. The number of urea groups is 1. The molecule has 3 rings (SSSR count). The summed E-state index contributed by atoms with van der Waals surface area (Å²) in [6.45, 7) is 9.13. The third-order valence-electron chi connectivity index (χ3n) is 5.78. The molecular weight excluding hydrogens is 430 g/mol. The smallest absolute Gasteiger partial charge is 0.319 e. The lowest BCUT2D eigenvalue weighted by Gasteiger charge is -2.33. The van der Waals surface area contributed by atoms with Crippen LogP contribution in [0.1, 0.15) is 55.5 Å². The first-order chi connectivity index (χ1) is 16.5. The molecule has 1 atom stereocenters. The maximum atomic E-state index is 13.2. The fraction of sp³-hybridized carbons (Fsp3) is 0.481. The van der Waals surface area contributed by atoms with Gasteiger partial charge in [-0.2, -0.15) is 0 Å². The summed E-state index contributed by atoms with van der Waals surface area (Å²) >= 11 is 0. The third kappa shape index (κ3) is 7.40. The van der Waals surface area contributed by atoms with Gasteiger partial charge in [0.25, 0.3) is 5.91 Å². The normalized spacial score (nSPS) is 15.5. The number of piperidine rings is 1. The summed E-state index contributed by atoms with van der Waals surface area (Å²) in [7, 11) is 0. The molecule has 1 fully saturated rings. The number of hydrogen-bond donors (Lipinski definition) is 2. The zero-order valence-electron chi connectivity index (χ0n) is 20.6. The minimum Gasteiger partial charge on any atom is -0.490 e. The van der Waals surface area contributed by atoms with Gasteiger partial charge in [-0.1, -0.05) is 31.5 Å². The van der Waals surface area contributed by atoms with Crippen LogP contribution in [-0.4, -0.2) is 49.7 Å². The lowest BCUT2D eigenvalue weighted by molar-refractivity contribution is 0.0674. The number of carbonyl (C=O) groups excluding carboxylic acids is 2. The van der Waals surface area contributed by atoms with Crippen molar-refractivity contribution in [2.45, 2.75) is 46.5 Å². The summed E-state index contributed by atoms with van der Waals surface area (Å²) in [5, 5.41) is 5.80. The Morgan fingerprint density at radius 3 is 2.41 bits per heavy atom. The molecule has 1 aliphatic heterocycles. The number of amides is 3. The molecule has 0 spiro atoms. The van der Waals surface area contributed by atoms with Crippen molar-refractivity contribution in [3.63, 3.8) is 0 Å². The van der Waals surface area contributed by atoms with Crippen molar-refractivity contribution >= 4 is 17.6 Å². The van der Waals surface area contributed by atoms with Crippen LogP contribution in [0.2, 0.25) is 0 Å². The zero-order valence-corrected chi connectivity index (χ0v) is 20.6. The number of anilines is 1. The van der Waals surface area contributed by atoms with Crippen molar-refractivity contribution < 1.29 is 19.1 Å². The van der Waals surface area contributed by atoms with Crippen LogP contribution in [0.5, 0.6) is 11.5 Å². The largest absolute Gasteiger partial charge is 0.490 e. The van der Waals surface area contributed by atoms with Crippen LogP contribution in [0.3, 0.4) is 0 Å². The molecule has 1 saturated heterocycles. The number of carbonyl (C=O) groups is 2. The minimum absolute atomic E-state index is 0.0165. The van der Waals surface area contributed by atoms with Crippen molar-refractivity contribution in [2.75, 3.05) is 38.2 Å². The van der Waals surface area contributed by atoms with E-state index in [0.717, 1.165) is 36.9 Å². The van der Waals surface area contributed by atoms with Gasteiger partial charge in [0.2, 0.25) is 0 Å². The number of nitrogens with one attached hydrogen (secondary N) is 2. The SMILES string of the molecule is CCCOc1ccc(C(=O)N2CCCC(CNC(=O)Nc3ccc(C)cc3)C2)cc1OCCC. The van der Waals surface area contributed by atoms with E-state index < -0.39 is 0 Å². The molecule has 7 heteroatoms. The van der Waals surface area contributed by atoms with E-state index >= 15 is 0 Å². The molecule has 0 aliphatic carbocycles. The highest BCUT2D eigenvalue weighted by molar-refractivity contribution is 5.95. The number of likely N-dealkylation sites (tertiary alicyclic amines) is 1. The first kappa shape index (κ1) is 25.4. The van der Waals surface area contributed by atoms with E-state index in [-0.39, 0.29) is 17.9 Å². The van der Waals surface area contributed by atoms with Crippen molar-refractivity contribution in [2.24, 2.45) is 5.92 Å². The van der Waals surface area contributed by atoms with Gasteiger partial charge < -0.3 is 25.0 Å². The van der Waals surface area contributed by atoms with E-state index in [1.807, 2.05) is 55.1 Å². The van der Waals surface area contributed by atoms with Gasteiger partial charge in [-0.05, 0) is 68.9 Å². The van der Waals surface area contributed by atoms with Crippen LogP contribution in [0.15, 0.2) is 42.5 Å². The summed E-state index contributed by atoms with van der Waals surface area (Å²) in [5.74, 6) is 1.48. The molecule has 0 radical (unpaired) electrons. The highest BCUT2D eigenvalue weighted by Gasteiger charge is 2.25. The standard InChI is InChI=1S/C27H37N3O4/c1-4-15-33-24-13-10-22(17-25(24)34-16-5-2)26(31)30-14-6-7-21(19-30)18-28-27(32)29-23-11-8-20(3)9-12-23/h8-13,17,21H,4-7,14-16,18-19H2,1-3H3,(H2,28,29,32). The van der Waals surface area contributed by atoms with Crippen LogP contribution < -0.4 is 20.1 Å². The molecule has 0 bridgehead atoms. The molecule has 0 saturated carbocycles. The molecule has 34 heavy (non-hydrogen) atoms. The Labute approximate surface area is 202 Å². The van der Waals surface area contributed by atoms with Crippen molar-refractivity contribution in [3.8, 4) is 11.5 Å². The van der Waals surface area contributed by atoms with E-state index in [1.54, 1.807) is 6.07 Å². The van der Waals surface area contributed by atoms with E-state index in [4.69, 9.17) is 9.47 Å². The number of ether oxygens (including phenoxy) is 2. The van der Waals surface area contributed by atoms with Gasteiger partial charge in [0.05, 0.1) is 13.2 Å². The van der Waals surface area contributed by atoms with Crippen LogP contribution in [-0.2, 0) is 0 Å². The molecule has 7 nitrogen and oxygen atoms in total. The summed E-state index contributed by atoms with van der Waals surface area (Å²) in [6.07, 6.45) is 3.67. The number of benzene rings is 2. The average molecular weight is 468 g/mol. The molecule has 1 unspecified atom stereocenters. The van der Waals surface area contributed by atoms with Crippen LogP contribution in [0.4, 0.5) is 10.5 Å². The van der Waals surface area contributed by atoms with Gasteiger partial charge in [-0.25, -0.2) is 4.79 Å². The predicted molar refractivity (Wildman–Crippen MR) is 135 cm³/mol. The Bertz CT molecular complexity index is 945. The number of nitrogens with zero attached hydrogens (tertiary/aromatic N) is 1. The Hall–Kier alpha value is -3.22. The Morgan fingerprint density at radius 2 is 1.71 bits per heavy atom. The number of aryl methyl sites for hydroxylation is 1. The van der Waals surface area contributed by atoms with Crippen LogP contribution in [0.25, 0.3) is 0 Å². The van der Waals surface area contributed by atoms with Crippen molar-refractivity contribution in [1.82, 2.24) is 10.2 Å². The van der Waals surface area contributed by atoms with Gasteiger partial charge in [-0.15, -0.1) is 0 Å². The van der Waals surface area contributed by atoms with Gasteiger partial charge in [-0.3, -0.25) is 4.79 Å². The van der Waals surface area contributed by atoms with Gasteiger partial charge in [0.1, 0.15) is 0 Å². The summed E-state index contributed by atoms with van der Waals surface area (Å²) in [4.78, 5) is 27.4. The zero-order chi connectivity index (χ0) is 24.3. The molecule has 0 aromatic heterocycles. The topological polar surface area (TPSA) is 79.9 Å². The van der Waals surface area contributed by atoms with E-state index in [0.29, 0.717) is 49.9 Å². The van der Waals surface area contributed by atoms with E-state index in [9.17, 15) is 9.59 Å². The average Bonchev–Trinajstić information content (AvgIpc) is 2.86. The van der Waals surface area contributed by atoms with Crippen molar-refractivity contribution in [3.05, 3.63) is 53.6 Å².